The molecule has 30 heavy (non-hydrogen) atoms. The van der Waals surface area contributed by atoms with E-state index in [1.54, 1.807) is 0 Å². The fourth-order valence-corrected chi connectivity index (χ4v) is 5.60. The first-order chi connectivity index (χ1) is 14.3. The molecule has 0 aliphatic carbocycles. The molecule has 1 spiro atoms. The lowest BCUT2D eigenvalue weighted by Gasteiger charge is -2.45. The number of ether oxygens (including phenoxy) is 1. The van der Waals surface area contributed by atoms with Gasteiger partial charge in [0.15, 0.2) is 16.4 Å². The lowest BCUT2D eigenvalue weighted by Crippen LogP contribution is -2.51. The number of carbonyl (C=O) groups excluding carboxylic acids is 1. The maximum Gasteiger partial charge on any atom is 0.241 e. The Hall–Kier alpha value is -2.23. The van der Waals surface area contributed by atoms with Gasteiger partial charge >= 0.3 is 0 Å². The highest BCUT2D eigenvalue weighted by molar-refractivity contribution is 8.15. The molecule has 0 fully saturated rings. The van der Waals surface area contributed by atoms with E-state index in [1.165, 1.54) is 18.0 Å². The molecule has 0 aromatic heterocycles. The van der Waals surface area contributed by atoms with Crippen LogP contribution in [0.5, 0.6) is 5.75 Å². The highest BCUT2D eigenvalue weighted by Gasteiger charge is 2.57. The Morgan fingerprint density at radius 2 is 2.10 bits per heavy atom. The molecule has 10 heteroatoms. The van der Waals surface area contributed by atoms with Gasteiger partial charge in [-0.15, -0.1) is 0 Å². The Bertz CT molecular complexity index is 1070. The molecule has 0 bridgehead atoms. The molecule has 0 saturated heterocycles. The van der Waals surface area contributed by atoms with E-state index < -0.39 is 34.1 Å². The standard InChI is InChI=1S/C20H17ClF3N3O2S/c1-10(28)27-20(30-19(26-27)14-8-13(22)2-3-16(14)23)11(4-5-25)9-29-18-15(20)6-12(21)7-17(18)24/h2-3,6-8,11H,4-5,9,25H2,1H3/t11-,20?/m1/s1. The van der Waals surface area contributed by atoms with Crippen LogP contribution < -0.4 is 10.5 Å². The fourth-order valence-electron chi connectivity index (χ4n) is 3.85. The Labute approximate surface area is 180 Å². The first kappa shape index (κ1) is 21.0. The minimum atomic E-state index is -1.27. The lowest BCUT2D eigenvalue weighted by atomic mass is 9.86. The van der Waals surface area contributed by atoms with Crippen molar-refractivity contribution in [3.8, 4) is 5.75 Å². The SMILES string of the molecule is CC(=O)N1N=C(c2cc(F)ccc2F)SC12c1cc(Cl)cc(F)c1OC[C@H]2CCN. The van der Waals surface area contributed by atoms with Gasteiger partial charge in [-0.05, 0) is 43.3 Å². The molecule has 2 aliphatic heterocycles. The molecule has 4 rings (SSSR count). The van der Waals surface area contributed by atoms with Crippen LogP contribution >= 0.6 is 23.4 Å². The van der Waals surface area contributed by atoms with Crippen LogP contribution in [0.4, 0.5) is 13.2 Å². The number of thioether (sulfide) groups is 1. The molecular formula is C20H17ClF3N3O2S. The van der Waals surface area contributed by atoms with Crippen molar-refractivity contribution >= 4 is 34.3 Å². The summed E-state index contributed by atoms with van der Waals surface area (Å²) in [6, 6.07) is 5.61. The third kappa shape index (κ3) is 3.25. The van der Waals surface area contributed by atoms with Gasteiger partial charge in [0.2, 0.25) is 5.91 Å². The zero-order valence-corrected chi connectivity index (χ0v) is 17.4. The van der Waals surface area contributed by atoms with Gasteiger partial charge in [0.05, 0.1) is 6.61 Å². The summed E-state index contributed by atoms with van der Waals surface area (Å²) >= 11 is 7.16. The third-order valence-corrected chi connectivity index (χ3v) is 6.86. The second kappa shape index (κ2) is 7.79. The number of nitrogens with zero attached hydrogens (tertiary/aromatic N) is 2. The van der Waals surface area contributed by atoms with Gasteiger partial charge in [0.1, 0.15) is 16.7 Å². The topological polar surface area (TPSA) is 67.9 Å². The molecule has 2 aromatic carbocycles. The number of hydrogen-bond acceptors (Lipinski definition) is 5. The number of benzene rings is 2. The van der Waals surface area contributed by atoms with Crippen LogP contribution in [0, 0.1) is 23.4 Å². The second-order valence-corrected chi connectivity index (χ2v) is 8.66. The first-order valence-corrected chi connectivity index (χ1v) is 10.3. The lowest BCUT2D eigenvalue weighted by molar-refractivity contribution is -0.134. The van der Waals surface area contributed by atoms with Crippen molar-refractivity contribution < 1.29 is 22.7 Å². The highest BCUT2D eigenvalue weighted by atomic mass is 35.5. The molecule has 158 valence electrons. The predicted octanol–water partition coefficient (Wildman–Crippen LogP) is 4.22. The Kier molecular flexibility index (Phi) is 5.46. The molecule has 2 heterocycles. The molecule has 0 saturated carbocycles. The van der Waals surface area contributed by atoms with Gasteiger partial charge in [0, 0.05) is 29.0 Å². The largest absolute Gasteiger partial charge is 0.490 e. The molecule has 2 aromatic rings. The van der Waals surface area contributed by atoms with Gasteiger partial charge in [-0.25, -0.2) is 18.2 Å². The number of hydrazone groups is 1. The Morgan fingerprint density at radius 1 is 1.33 bits per heavy atom. The summed E-state index contributed by atoms with van der Waals surface area (Å²) in [4.78, 5) is 11.4. The third-order valence-electron chi connectivity index (χ3n) is 5.11. The summed E-state index contributed by atoms with van der Waals surface area (Å²) in [6.07, 6.45) is 0.415. The van der Waals surface area contributed by atoms with E-state index >= 15 is 0 Å². The zero-order valence-electron chi connectivity index (χ0n) is 15.8. The number of fused-ring (bicyclic) bond motifs is 2. The Morgan fingerprint density at radius 3 is 2.80 bits per heavy atom. The molecule has 0 radical (unpaired) electrons. The fraction of sp³-hybridized carbons (Fsp3) is 0.300. The molecule has 2 atom stereocenters. The molecule has 2 N–H and O–H groups in total. The minimum Gasteiger partial charge on any atom is -0.490 e. The number of carbonyl (C=O) groups is 1. The van der Waals surface area contributed by atoms with E-state index in [9.17, 15) is 18.0 Å². The van der Waals surface area contributed by atoms with Crippen LogP contribution in [0.1, 0.15) is 24.5 Å². The van der Waals surface area contributed by atoms with Gasteiger partial charge in [0.25, 0.3) is 0 Å². The monoisotopic (exact) mass is 455 g/mol. The van der Waals surface area contributed by atoms with Crippen LogP contribution in [-0.2, 0) is 9.67 Å². The van der Waals surface area contributed by atoms with Gasteiger partial charge < -0.3 is 10.5 Å². The summed E-state index contributed by atoms with van der Waals surface area (Å²) in [7, 11) is 0. The smallest absolute Gasteiger partial charge is 0.241 e. The van der Waals surface area contributed by atoms with E-state index in [0.717, 1.165) is 36.0 Å². The summed E-state index contributed by atoms with van der Waals surface area (Å²) in [5.41, 5.74) is 5.99. The first-order valence-electron chi connectivity index (χ1n) is 9.14. The molecule has 2 aliphatic rings. The van der Waals surface area contributed by atoms with Crippen molar-refractivity contribution in [1.82, 2.24) is 5.01 Å². The number of rotatable bonds is 3. The van der Waals surface area contributed by atoms with Crippen molar-refractivity contribution in [1.29, 1.82) is 0 Å². The number of nitrogens with two attached hydrogens (primary N) is 1. The quantitative estimate of drug-likeness (QED) is 0.752. The summed E-state index contributed by atoms with van der Waals surface area (Å²) in [6.45, 7) is 1.63. The van der Waals surface area contributed by atoms with E-state index in [1.807, 2.05) is 0 Å². The van der Waals surface area contributed by atoms with Crippen LogP contribution in [0.3, 0.4) is 0 Å². The molecular weight excluding hydrogens is 439 g/mol. The number of halogens is 4. The van der Waals surface area contributed by atoms with E-state index in [0.29, 0.717) is 12.0 Å². The van der Waals surface area contributed by atoms with Crippen LogP contribution in [0.15, 0.2) is 35.4 Å². The summed E-state index contributed by atoms with van der Waals surface area (Å²) in [5.74, 6) is -2.93. The zero-order chi connectivity index (χ0) is 21.6. The summed E-state index contributed by atoms with van der Waals surface area (Å²) in [5, 5.41) is 5.70. The van der Waals surface area contributed by atoms with Crippen LogP contribution in [0.2, 0.25) is 5.02 Å². The predicted molar refractivity (Wildman–Crippen MR) is 109 cm³/mol. The number of amides is 1. The van der Waals surface area contributed by atoms with Crippen molar-refractivity contribution in [2.24, 2.45) is 16.8 Å². The highest BCUT2D eigenvalue weighted by Crippen LogP contribution is 2.58. The molecule has 1 unspecified atom stereocenters. The van der Waals surface area contributed by atoms with Gasteiger partial charge in [-0.3, -0.25) is 4.79 Å². The molecule has 1 amide bonds. The van der Waals surface area contributed by atoms with Crippen molar-refractivity contribution in [2.75, 3.05) is 13.2 Å². The summed E-state index contributed by atoms with van der Waals surface area (Å²) < 4.78 is 48.6. The van der Waals surface area contributed by atoms with E-state index in [-0.39, 0.29) is 34.5 Å². The number of hydrogen-bond donors (Lipinski definition) is 1. The maximum atomic E-state index is 14.7. The van der Waals surface area contributed by atoms with E-state index in [4.69, 9.17) is 22.1 Å². The van der Waals surface area contributed by atoms with Crippen molar-refractivity contribution in [3.63, 3.8) is 0 Å². The van der Waals surface area contributed by atoms with Crippen LogP contribution in [-0.4, -0.2) is 29.1 Å². The minimum absolute atomic E-state index is 0.0532. The van der Waals surface area contributed by atoms with Crippen molar-refractivity contribution in [2.45, 2.75) is 18.2 Å². The Balaban J connectivity index is 1.94. The average molecular weight is 456 g/mol. The van der Waals surface area contributed by atoms with Crippen LogP contribution in [0.25, 0.3) is 0 Å². The average Bonchev–Trinajstić information content (AvgIpc) is 3.08. The van der Waals surface area contributed by atoms with Gasteiger partial charge in [-0.2, -0.15) is 5.10 Å². The molecule has 5 nitrogen and oxygen atoms in total. The second-order valence-electron chi connectivity index (χ2n) is 7.01. The van der Waals surface area contributed by atoms with Gasteiger partial charge in [-0.1, -0.05) is 23.4 Å². The van der Waals surface area contributed by atoms with E-state index in [2.05, 4.69) is 5.10 Å². The normalized spacial score (nSPS) is 22.7. The maximum absolute atomic E-state index is 14.7. The van der Waals surface area contributed by atoms with Crippen molar-refractivity contribution in [3.05, 3.63) is 63.9 Å².